The van der Waals surface area contributed by atoms with Gasteiger partial charge in [-0.3, -0.25) is 9.59 Å². The minimum atomic E-state index is -0.836. The molecule has 0 unspecified atom stereocenters. The Labute approximate surface area is 208 Å². The van der Waals surface area contributed by atoms with E-state index in [4.69, 9.17) is 27.9 Å². The number of carbonyl (C=O) groups excluding carboxylic acids is 2. The summed E-state index contributed by atoms with van der Waals surface area (Å²) in [6, 6.07) is 20.3. The monoisotopic (exact) mass is 497 g/mol. The molecule has 0 aromatic heterocycles. The smallest absolute Gasteiger partial charge is 0.329 e. The second kappa shape index (κ2) is 12.2. The van der Waals surface area contributed by atoms with Gasteiger partial charge in [-0.25, -0.2) is 5.43 Å². The largest absolute Gasteiger partial charge is 0.489 e. The molecule has 3 aromatic carbocycles. The van der Waals surface area contributed by atoms with Crippen LogP contribution in [0.3, 0.4) is 0 Å². The van der Waals surface area contributed by atoms with Gasteiger partial charge in [-0.05, 0) is 64.6 Å². The van der Waals surface area contributed by atoms with Crippen molar-refractivity contribution in [2.24, 2.45) is 5.10 Å². The third-order valence-corrected chi connectivity index (χ3v) is 5.69. The van der Waals surface area contributed by atoms with E-state index in [0.717, 1.165) is 16.7 Å². The van der Waals surface area contributed by atoms with Crippen LogP contribution in [0.5, 0.6) is 5.75 Å². The summed E-state index contributed by atoms with van der Waals surface area (Å²) < 4.78 is 5.73. The Bertz CT molecular complexity index is 1160. The normalized spacial score (nSPS) is 11.0. The maximum atomic E-state index is 12.0. The van der Waals surface area contributed by atoms with Crippen LogP contribution in [-0.4, -0.2) is 18.0 Å². The fourth-order valence-corrected chi connectivity index (χ4v) is 3.27. The second-order valence-electron chi connectivity index (χ2n) is 7.88. The van der Waals surface area contributed by atoms with Crippen molar-refractivity contribution in [1.82, 2.24) is 10.7 Å². The third kappa shape index (κ3) is 7.61. The number of amides is 2. The van der Waals surface area contributed by atoms with E-state index in [2.05, 4.69) is 29.7 Å². The molecule has 176 valence electrons. The minimum Gasteiger partial charge on any atom is -0.489 e. The average molecular weight is 498 g/mol. The van der Waals surface area contributed by atoms with Crippen molar-refractivity contribution in [2.45, 2.75) is 32.9 Å². The number of rotatable bonds is 8. The van der Waals surface area contributed by atoms with Crippen LogP contribution < -0.4 is 15.5 Å². The van der Waals surface area contributed by atoms with Gasteiger partial charge in [0.2, 0.25) is 0 Å². The highest BCUT2D eigenvalue weighted by atomic mass is 35.5. The van der Waals surface area contributed by atoms with Crippen molar-refractivity contribution >= 4 is 41.2 Å². The van der Waals surface area contributed by atoms with Crippen LogP contribution in [0.15, 0.2) is 71.8 Å². The molecular formula is C26H25Cl2N3O3. The van der Waals surface area contributed by atoms with Crippen LogP contribution in [0.1, 0.15) is 42.0 Å². The summed E-state index contributed by atoms with van der Waals surface area (Å²) in [5.74, 6) is -0.495. The molecule has 0 saturated carbocycles. The molecule has 0 bridgehead atoms. The molecule has 0 fully saturated rings. The summed E-state index contributed by atoms with van der Waals surface area (Å²) in [6.45, 7) is 4.84. The Balaban J connectivity index is 1.42. The van der Waals surface area contributed by atoms with Gasteiger partial charge in [-0.1, -0.05) is 67.4 Å². The van der Waals surface area contributed by atoms with Gasteiger partial charge >= 0.3 is 11.8 Å². The van der Waals surface area contributed by atoms with Crippen LogP contribution in [0.2, 0.25) is 10.0 Å². The molecule has 0 radical (unpaired) electrons. The molecule has 0 heterocycles. The van der Waals surface area contributed by atoms with E-state index in [0.29, 0.717) is 28.3 Å². The first-order chi connectivity index (χ1) is 16.3. The van der Waals surface area contributed by atoms with Gasteiger partial charge in [-0.15, -0.1) is 0 Å². The third-order valence-electron chi connectivity index (χ3n) is 4.96. The van der Waals surface area contributed by atoms with Crippen LogP contribution >= 0.6 is 23.2 Å². The first-order valence-electron chi connectivity index (χ1n) is 10.7. The highest BCUT2D eigenvalue weighted by Gasteiger charge is 2.12. The molecule has 2 amide bonds. The van der Waals surface area contributed by atoms with E-state index in [1.165, 1.54) is 11.8 Å². The van der Waals surface area contributed by atoms with E-state index in [1.54, 1.807) is 36.4 Å². The molecule has 0 aliphatic heterocycles. The number of hydrogen-bond acceptors (Lipinski definition) is 4. The number of carbonyl (C=O) groups is 2. The van der Waals surface area contributed by atoms with E-state index in [9.17, 15) is 9.59 Å². The van der Waals surface area contributed by atoms with Crippen molar-refractivity contribution in [3.63, 3.8) is 0 Å². The van der Waals surface area contributed by atoms with Gasteiger partial charge in [0.25, 0.3) is 0 Å². The van der Waals surface area contributed by atoms with Crippen molar-refractivity contribution in [3.8, 4) is 5.75 Å². The van der Waals surface area contributed by atoms with Gasteiger partial charge in [-0.2, -0.15) is 5.10 Å². The molecule has 2 N–H and O–H groups in total. The van der Waals surface area contributed by atoms with Crippen molar-refractivity contribution in [2.75, 3.05) is 0 Å². The average Bonchev–Trinajstić information content (AvgIpc) is 2.84. The standard InChI is InChI=1S/C26H25Cl2N3O3/c1-17(2)21-8-3-18(4-9-21)14-29-25(32)26(33)31-30-15-19-5-10-22(11-6-19)34-16-20-7-12-23(27)24(28)13-20/h3-13,15,17H,14,16H2,1-2H3,(H,29,32)(H,31,33)/b30-15-. The second-order valence-corrected chi connectivity index (χ2v) is 8.70. The van der Waals surface area contributed by atoms with Gasteiger partial charge in [0.15, 0.2) is 0 Å². The zero-order chi connectivity index (χ0) is 24.5. The molecule has 8 heteroatoms. The number of hydrogen-bond donors (Lipinski definition) is 2. The molecule has 6 nitrogen and oxygen atoms in total. The lowest BCUT2D eigenvalue weighted by Gasteiger charge is -2.08. The molecule has 0 aliphatic carbocycles. The number of hydrazone groups is 1. The maximum absolute atomic E-state index is 12.0. The summed E-state index contributed by atoms with van der Waals surface area (Å²) in [7, 11) is 0. The molecule has 0 aliphatic rings. The SMILES string of the molecule is CC(C)c1ccc(CNC(=O)C(=O)N/N=C\c2ccc(OCc3ccc(Cl)c(Cl)c3)cc2)cc1. The fourth-order valence-electron chi connectivity index (χ4n) is 2.95. The quantitative estimate of drug-likeness (QED) is 0.246. The van der Waals surface area contributed by atoms with Crippen molar-refractivity contribution < 1.29 is 14.3 Å². The number of nitrogens with one attached hydrogen (secondary N) is 2. The lowest BCUT2D eigenvalue weighted by atomic mass is 10.0. The Morgan fingerprint density at radius 3 is 2.24 bits per heavy atom. The summed E-state index contributed by atoms with van der Waals surface area (Å²) >= 11 is 11.9. The van der Waals surface area contributed by atoms with Crippen LogP contribution in [-0.2, 0) is 22.7 Å². The topological polar surface area (TPSA) is 79.8 Å². The van der Waals surface area contributed by atoms with E-state index in [-0.39, 0.29) is 6.54 Å². The predicted octanol–water partition coefficient (Wildman–Crippen LogP) is 5.46. The lowest BCUT2D eigenvalue weighted by molar-refractivity contribution is -0.139. The first kappa shape index (κ1) is 25.3. The number of ether oxygens (including phenoxy) is 1. The zero-order valence-corrected chi connectivity index (χ0v) is 20.4. The number of halogens is 2. The molecule has 34 heavy (non-hydrogen) atoms. The molecule has 0 saturated heterocycles. The van der Waals surface area contributed by atoms with E-state index >= 15 is 0 Å². The van der Waals surface area contributed by atoms with Crippen LogP contribution in [0.4, 0.5) is 0 Å². The summed E-state index contributed by atoms with van der Waals surface area (Å²) in [6.07, 6.45) is 1.44. The maximum Gasteiger partial charge on any atom is 0.329 e. The van der Waals surface area contributed by atoms with E-state index < -0.39 is 11.8 Å². The van der Waals surface area contributed by atoms with Gasteiger partial charge in [0, 0.05) is 6.54 Å². The Morgan fingerprint density at radius 1 is 0.912 bits per heavy atom. The van der Waals surface area contributed by atoms with Gasteiger partial charge in [0.05, 0.1) is 16.3 Å². The number of nitrogens with zero attached hydrogens (tertiary/aromatic N) is 1. The molecule has 0 atom stereocenters. The molecule has 0 spiro atoms. The Hall–Kier alpha value is -3.35. The first-order valence-corrected chi connectivity index (χ1v) is 11.4. The Morgan fingerprint density at radius 2 is 1.59 bits per heavy atom. The molecule has 3 rings (SSSR count). The fraction of sp³-hybridized carbons (Fsp3) is 0.192. The highest BCUT2D eigenvalue weighted by Crippen LogP contribution is 2.23. The van der Waals surface area contributed by atoms with Crippen LogP contribution in [0.25, 0.3) is 0 Å². The van der Waals surface area contributed by atoms with Crippen molar-refractivity contribution in [1.29, 1.82) is 0 Å². The van der Waals surface area contributed by atoms with Gasteiger partial charge < -0.3 is 10.1 Å². The summed E-state index contributed by atoms with van der Waals surface area (Å²) in [5.41, 5.74) is 5.98. The minimum absolute atomic E-state index is 0.262. The Kier molecular flexibility index (Phi) is 9.08. The summed E-state index contributed by atoms with van der Waals surface area (Å²) in [4.78, 5) is 23.9. The van der Waals surface area contributed by atoms with Crippen LogP contribution in [0, 0.1) is 0 Å². The zero-order valence-electron chi connectivity index (χ0n) is 18.8. The van der Waals surface area contributed by atoms with E-state index in [1.807, 2.05) is 30.3 Å². The van der Waals surface area contributed by atoms with Crippen molar-refractivity contribution in [3.05, 3.63) is 99.0 Å². The predicted molar refractivity (Wildman–Crippen MR) is 135 cm³/mol. The van der Waals surface area contributed by atoms with Gasteiger partial charge in [0.1, 0.15) is 12.4 Å². The highest BCUT2D eigenvalue weighted by molar-refractivity contribution is 6.42. The lowest BCUT2D eigenvalue weighted by Crippen LogP contribution is -2.37. The summed E-state index contributed by atoms with van der Waals surface area (Å²) in [5, 5.41) is 7.39. The number of benzene rings is 3. The molecule has 3 aromatic rings. The molecular weight excluding hydrogens is 473 g/mol.